The van der Waals surface area contributed by atoms with Gasteiger partial charge in [0.1, 0.15) is 5.82 Å². The van der Waals surface area contributed by atoms with Gasteiger partial charge in [-0.05, 0) is 12.1 Å². The number of hydrogen-bond acceptors (Lipinski definition) is 4. The summed E-state index contributed by atoms with van der Waals surface area (Å²) in [5.41, 5.74) is -0.0507. The topological polar surface area (TPSA) is 81.5 Å². The summed E-state index contributed by atoms with van der Waals surface area (Å²) in [7, 11) is 0. The van der Waals surface area contributed by atoms with Gasteiger partial charge in [-0.3, -0.25) is 10.1 Å². The standard InChI is InChI=1S/C10H9FN2O4.ClH/c11-6-1-2-7(9(5-6)13(15)16)8-3-4-17-10(14)12-8;/h1-2,5,8H,3-4H2,(H,12,14);1H/t8-;/m1./s1. The van der Waals surface area contributed by atoms with Crippen molar-refractivity contribution in [2.24, 2.45) is 0 Å². The van der Waals surface area contributed by atoms with Crippen molar-refractivity contribution in [2.45, 2.75) is 12.5 Å². The van der Waals surface area contributed by atoms with Crippen LogP contribution in [0.25, 0.3) is 0 Å². The maximum absolute atomic E-state index is 12.9. The molecule has 6 nitrogen and oxygen atoms in total. The van der Waals surface area contributed by atoms with E-state index in [-0.39, 0.29) is 30.3 Å². The Morgan fingerprint density at radius 3 is 2.83 bits per heavy atom. The van der Waals surface area contributed by atoms with E-state index >= 15 is 0 Å². The normalized spacial score (nSPS) is 18.3. The van der Waals surface area contributed by atoms with E-state index in [0.29, 0.717) is 6.42 Å². The van der Waals surface area contributed by atoms with E-state index in [1.807, 2.05) is 0 Å². The Bertz CT molecular complexity index is 483. The van der Waals surface area contributed by atoms with E-state index < -0.39 is 22.9 Å². The molecule has 1 atom stereocenters. The van der Waals surface area contributed by atoms with Crippen LogP contribution in [0.1, 0.15) is 18.0 Å². The van der Waals surface area contributed by atoms with Crippen LogP contribution in [0.4, 0.5) is 14.9 Å². The summed E-state index contributed by atoms with van der Waals surface area (Å²) in [5, 5.41) is 13.3. The lowest BCUT2D eigenvalue weighted by Gasteiger charge is -2.23. The Labute approximate surface area is 108 Å². The minimum absolute atomic E-state index is 0. The van der Waals surface area contributed by atoms with Crippen LogP contribution in [0.2, 0.25) is 0 Å². The monoisotopic (exact) mass is 276 g/mol. The van der Waals surface area contributed by atoms with Crippen LogP contribution in [-0.4, -0.2) is 17.6 Å². The van der Waals surface area contributed by atoms with Crippen molar-refractivity contribution in [3.8, 4) is 0 Å². The largest absolute Gasteiger partial charge is 0.449 e. The predicted molar refractivity (Wildman–Crippen MR) is 62.1 cm³/mol. The summed E-state index contributed by atoms with van der Waals surface area (Å²) in [4.78, 5) is 21.1. The average molecular weight is 277 g/mol. The molecule has 1 aliphatic rings. The Kier molecular flexibility index (Phi) is 4.43. The van der Waals surface area contributed by atoms with E-state index in [2.05, 4.69) is 10.1 Å². The number of carbonyl (C=O) groups excluding carboxylic acids is 1. The fourth-order valence-electron chi connectivity index (χ4n) is 1.73. The molecule has 98 valence electrons. The van der Waals surface area contributed by atoms with Gasteiger partial charge in [0.05, 0.1) is 29.2 Å². The second kappa shape index (κ2) is 5.63. The third kappa shape index (κ3) is 2.86. The zero-order valence-electron chi connectivity index (χ0n) is 9.09. The molecule has 0 unspecified atom stereocenters. The fourth-order valence-corrected chi connectivity index (χ4v) is 1.73. The van der Waals surface area contributed by atoms with Crippen LogP contribution in [0.3, 0.4) is 0 Å². The molecule has 0 aliphatic carbocycles. The molecule has 1 aromatic rings. The minimum atomic E-state index is -0.682. The van der Waals surface area contributed by atoms with Crippen molar-refractivity contribution in [3.63, 3.8) is 0 Å². The lowest BCUT2D eigenvalue weighted by molar-refractivity contribution is -0.386. The molecule has 1 fully saturated rings. The highest BCUT2D eigenvalue weighted by atomic mass is 35.5. The quantitative estimate of drug-likeness (QED) is 0.664. The SMILES string of the molecule is Cl.O=C1N[C@@H](c2ccc(F)cc2[N+](=O)[O-])CCO1. The Morgan fingerprint density at radius 1 is 1.50 bits per heavy atom. The molecule has 1 amide bonds. The van der Waals surface area contributed by atoms with Crippen molar-refractivity contribution in [2.75, 3.05) is 6.61 Å². The van der Waals surface area contributed by atoms with Crippen molar-refractivity contribution in [1.29, 1.82) is 0 Å². The molecule has 1 N–H and O–H groups in total. The van der Waals surface area contributed by atoms with Gasteiger partial charge in [-0.15, -0.1) is 12.4 Å². The van der Waals surface area contributed by atoms with Crippen molar-refractivity contribution in [3.05, 3.63) is 39.7 Å². The van der Waals surface area contributed by atoms with Crippen LogP contribution in [0, 0.1) is 15.9 Å². The van der Waals surface area contributed by atoms with Gasteiger partial charge in [0.25, 0.3) is 5.69 Å². The van der Waals surface area contributed by atoms with Gasteiger partial charge >= 0.3 is 6.09 Å². The number of hydrogen-bond donors (Lipinski definition) is 1. The molecule has 2 rings (SSSR count). The molecule has 0 bridgehead atoms. The van der Waals surface area contributed by atoms with Crippen LogP contribution in [0.15, 0.2) is 18.2 Å². The highest BCUT2D eigenvalue weighted by Crippen LogP contribution is 2.29. The number of nitrogens with zero attached hydrogens (tertiary/aromatic N) is 1. The van der Waals surface area contributed by atoms with E-state index in [4.69, 9.17) is 0 Å². The lowest BCUT2D eigenvalue weighted by Crippen LogP contribution is -2.35. The molecule has 1 aromatic carbocycles. The van der Waals surface area contributed by atoms with Gasteiger partial charge in [0, 0.05) is 6.42 Å². The van der Waals surface area contributed by atoms with Crippen molar-refractivity contribution < 1.29 is 18.8 Å². The van der Waals surface area contributed by atoms with E-state index in [1.165, 1.54) is 6.07 Å². The second-order valence-corrected chi connectivity index (χ2v) is 3.58. The number of alkyl carbamates (subject to hydrolysis) is 1. The molecule has 0 aromatic heterocycles. The van der Waals surface area contributed by atoms with Crippen LogP contribution < -0.4 is 5.32 Å². The van der Waals surface area contributed by atoms with Crippen LogP contribution >= 0.6 is 12.4 Å². The number of benzene rings is 1. The number of nitrogens with one attached hydrogen (secondary N) is 1. The van der Waals surface area contributed by atoms with Crippen molar-refractivity contribution in [1.82, 2.24) is 5.32 Å². The summed E-state index contributed by atoms with van der Waals surface area (Å²) in [6, 6.07) is 2.77. The van der Waals surface area contributed by atoms with E-state index in [1.54, 1.807) is 0 Å². The Hall–Kier alpha value is -1.89. The maximum Gasteiger partial charge on any atom is 0.407 e. The highest BCUT2D eigenvalue weighted by molar-refractivity contribution is 5.85. The first-order valence-electron chi connectivity index (χ1n) is 4.95. The Balaban J connectivity index is 0.00000162. The molecule has 18 heavy (non-hydrogen) atoms. The summed E-state index contributed by atoms with van der Waals surface area (Å²) in [6.45, 7) is 0.186. The lowest BCUT2D eigenvalue weighted by atomic mass is 10.0. The number of nitro groups is 1. The third-order valence-electron chi connectivity index (χ3n) is 2.50. The van der Waals surface area contributed by atoms with E-state index in [0.717, 1.165) is 12.1 Å². The molecule has 0 saturated carbocycles. The van der Waals surface area contributed by atoms with Gasteiger partial charge in [-0.25, -0.2) is 9.18 Å². The number of ether oxygens (including phenoxy) is 1. The zero-order valence-corrected chi connectivity index (χ0v) is 9.91. The second-order valence-electron chi connectivity index (χ2n) is 3.58. The van der Waals surface area contributed by atoms with Crippen molar-refractivity contribution >= 4 is 24.2 Å². The molecule has 8 heteroatoms. The van der Waals surface area contributed by atoms with Gasteiger partial charge in [-0.2, -0.15) is 0 Å². The summed E-state index contributed by atoms with van der Waals surface area (Å²) in [6.07, 6.45) is -0.210. The molecular formula is C10H10ClFN2O4. The van der Waals surface area contributed by atoms with Gasteiger partial charge in [-0.1, -0.05) is 0 Å². The first kappa shape index (κ1) is 14.2. The molecular weight excluding hydrogens is 267 g/mol. The zero-order chi connectivity index (χ0) is 12.4. The smallest absolute Gasteiger partial charge is 0.407 e. The Morgan fingerprint density at radius 2 is 2.22 bits per heavy atom. The molecule has 0 radical (unpaired) electrons. The summed E-state index contributed by atoms with van der Waals surface area (Å²) >= 11 is 0. The first-order valence-corrected chi connectivity index (χ1v) is 4.95. The van der Waals surface area contributed by atoms with Gasteiger partial charge in [0.2, 0.25) is 0 Å². The van der Waals surface area contributed by atoms with Gasteiger partial charge < -0.3 is 10.1 Å². The fraction of sp³-hybridized carbons (Fsp3) is 0.300. The summed E-state index contributed by atoms with van der Waals surface area (Å²) < 4.78 is 17.6. The third-order valence-corrected chi connectivity index (χ3v) is 2.50. The maximum atomic E-state index is 12.9. The first-order chi connectivity index (χ1) is 8.08. The molecule has 1 saturated heterocycles. The summed E-state index contributed by atoms with van der Waals surface area (Å²) in [5.74, 6) is -0.682. The average Bonchev–Trinajstić information content (AvgIpc) is 2.28. The van der Waals surface area contributed by atoms with Crippen LogP contribution in [0.5, 0.6) is 0 Å². The number of halogens is 2. The molecule has 1 aliphatic heterocycles. The number of rotatable bonds is 2. The number of amides is 1. The van der Waals surface area contributed by atoms with E-state index in [9.17, 15) is 19.3 Å². The predicted octanol–water partition coefficient (Wildman–Crippen LogP) is 2.33. The number of cyclic esters (lactones) is 1. The number of nitro benzene ring substituents is 1. The van der Waals surface area contributed by atoms with Gasteiger partial charge in [0.15, 0.2) is 0 Å². The minimum Gasteiger partial charge on any atom is -0.449 e. The highest BCUT2D eigenvalue weighted by Gasteiger charge is 2.27. The van der Waals surface area contributed by atoms with Crippen LogP contribution in [-0.2, 0) is 4.74 Å². The molecule has 0 spiro atoms. The number of carbonyl (C=O) groups is 1. The molecule has 1 heterocycles.